The van der Waals surface area contributed by atoms with Gasteiger partial charge in [0.2, 0.25) is 0 Å². The van der Waals surface area contributed by atoms with Crippen LogP contribution in [0.25, 0.3) is 11.0 Å². The van der Waals surface area contributed by atoms with Crippen molar-refractivity contribution in [2.75, 3.05) is 19.6 Å². The summed E-state index contributed by atoms with van der Waals surface area (Å²) in [6.45, 7) is 10.3. The molecule has 0 fully saturated rings. The van der Waals surface area contributed by atoms with E-state index >= 15 is 0 Å². The smallest absolute Gasteiger partial charge is 0.287 e. The van der Waals surface area contributed by atoms with Crippen molar-refractivity contribution in [3.8, 4) is 0 Å². The monoisotopic (exact) mass is 428 g/mol. The van der Waals surface area contributed by atoms with E-state index in [0.29, 0.717) is 17.5 Å². The average Bonchev–Trinajstić information content (AvgIpc) is 2.73. The summed E-state index contributed by atoms with van der Waals surface area (Å²) in [4.78, 5) is 27.5. The molecule has 30 heavy (non-hydrogen) atoms. The normalized spacial score (nSPS) is 11.9. The van der Waals surface area contributed by atoms with E-state index in [1.165, 1.54) is 6.07 Å². The van der Waals surface area contributed by atoms with Gasteiger partial charge >= 0.3 is 0 Å². The van der Waals surface area contributed by atoms with Gasteiger partial charge in [0, 0.05) is 12.6 Å². The molecule has 0 radical (unpaired) electrons. The minimum atomic E-state index is -0.379. The van der Waals surface area contributed by atoms with Crippen molar-refractivity contribution >= 4 is 29.3 Å². The first-order valence-electron chi connectivity index (χ1n) is 10.1. The van der Waals surface area contributed by atoms with Gasteiger partial charge in [0.25, 0.3) is 5.91 Å². The van der Waals surface area contributed by atoms with E-state index in [0.717, 1.165) is 29.8 Å². The molecule has 3 aromatic rings. The molecule has 0 bridgehead atoms. The number of rotatable bonds is 7. The molecule has 1 amide bonds. The van der Waals surface area contributed by atoms with Crippen LogP contribution in [0, 0.1) is 13.8 Å². The zero-order chi connectivity index (χ0) is 21.0. The molecule has 1 unspecified atom stereocenters. The van der Waals surface area contributed by atoms with Crippen LogP contribution >= 0.6 is 12.4 Å². The van der Waals surface area contributed by atoms with Crippen LogP contribution < -0.4 is 10.7 Å². The van der Waals surface area contributed by atoms with E-state index in [4.69, 9.17) is 4.42 Å². The van der Waals surface area contributed by atoms with Gasteiger partial charge in [-0.2, -0.15) is 0 Å². The van der Waals surface area contributed by atoms with Crippen molar-refractivity contribution in [1.82, 2.24) is 10.2 Å². The van der Waals surface area contributed by atoms with Crippen LogP contribution in [-0.4, -0.2) is 30.4 Å². The van der Waals surface area contributed by atoms with Crippen LogP contribution in [0.3, 0.4) is 0 Å². The van der Waals surface area contributed by atoms with Crippen molar-refractivity contribution in [3.63, 3.8) is 0 Å². The van der Waals surface area contributed by atoms with Crippen molar-refractivity contribution in [3.05, 3.63) is 81.2 Å². The number of carbonyl (C=O) groups is 1. The van der Waals surface area contributed by atoms with Crippen molar-refractivity contribution in [2.45, 2.75) is 33.7 Å². The molecule has 0 spiro atoms. The van der Waals surface area contributed by atoms with Gasteiger partial charge < -0.3 is 9.73 Å². The van der Waals surface area contributed by atoms with E-state index in [-0.39, 0.29) is 35.5 Å². The summed E-state index contributed by atoms with van der Waals surface area (Å²) in [5.74, 6) is -0.340. The van der Waals surface area contributed by atoms with Gasteiger partial charge in [-0.15, -0.1) is 12.4 Å². The molecule has 1 atom stereocenters. The second kappa shape index (κ2) is 10.4. The Kier molecular flexibility index (Phi) is 8.21. The topological polar surface area (TPSA) is 62.6 Å². The second-order valence-electron chi connectivity index (χ2n) is 7.27. The van der Waals surface area contributed by atoms with E-state index in [1.807, 2.05) is 44.2 Å². The number of halogens is 1. The third-order valence-electron chi connectivity index (χ3n) is 5.46. The first-order valence-corrected chi connectivity index (χ1v) is 10.1. The quantitative estimate of drug-likeness (QED) is 0.595. The SMILES string of the molecule is CCN(CC)C(CNC(=O)c1cc(=O)c2cc(C)c(C)cc2o1)c1ccccc1.Cl. The second-order valence-corrected chi connectivity index (χ2v) is 7.27. The number of likely N-dealkylation sites (N-methyl/N-ethyl adjacent to an activating group) is 1. The zero-order valence-electron chi connectivity index (χ0n) is 17.9. The summed E-state index contributed by atoms with van der Waals surface area (Å²) in [6, 6.07) is 15.1. The fourth-order valence-corrected chi connectivity index (χ4v) is 3.60. The third-order valence-corrected chi connectivity index (χ3v) is 5.46. The number of carbonyl (C=O) groups excluding carboxylic acids is 1. The summed E-state index contributed by atoms with van der Waals surface area (Å²) < 4.78 is 5.77. The van der Waals surface area contributed by atoms with Gasteiger partial charge in [0.05, 0.1) is 11.4 Å². The first-order chi connectivity index (χ1) is 13.9. The fourth-order valence-electron chi connectivity index (χ4n) is 3.60. The number of aryl methyl sites for hydroxylation is 2. The van der Waals surface area contributed by atoms with Crippen LogP contribution in [0.1, 0.15) is 47.1 Å². The molecule has 0 saturated heterocycles. The lowest BCUT2D eigenvalue weighted by Crippen LogP contribution is -2.38. The van der Waals surface area contributed by atoms with Crippen molar-refractivity contribution in [2.24, 2.45) is 0 Å². The Morgan fingerprint density at radius 1 is 1.03 bits per heavy atom. The van der Waals surface area contributed by atoms with E-state index < -0.39 is 0 Å². The first kappa shape index (κ1) is 23.6. The number of hydrogen-bond donors (Lipinski definition) is 1. The van der Waals surface area contributed by atoms with Crippen LogP contribution in [0.15, 0.2) is 57.7 Å². The number of amides is 1. The molecular weight excluding hydrogens is 400 g/mol. The fraction of sp³-hybridized carbons (Fsp3) is 0.333. The molecule has 0 aliphatic heterocycles. The molecule has 0 saturated carbocycles. The Morgan fingerprint density at radius 3 is 2.30 bits per heavy atom. The van der Waals surface area contributed by atoms with Crippen molar-refractivity contribution < 1.29 is 9.21 Å². The van der Waals surface area contributed by atoms with Crippen molar-refractivity contribution in [1.29, 1.82) is 0 Å². The Labute approximate surface area is 183 Å². The largest absolute Gasteiger partial charge is 0.451 e. The van der Waals surface area contributed by atoms with E-state index in [2.05, 4.69) is 36.2 Å². The summed E-state index contributed by atoms with van der Waals surface area (Å²) in [7, 11) is 0. The molecule has 2 aromatic carbocycles. The molecule has 0 aliphatic carbocycles. The van der Waals surface area contributed by atoms with Gasteiger partial charge in [0.1, 0.15) is 5.58 Å². The highest BCUT2D eigenvalue weighted by Crippen LogP contribution is 2.21. The lowest BCUT2D eigenvalue weighted by Gasteiger charge is -2.30. The lowest BCUT2D eigenvalue weighted by molar-refractivity contribution is 0.0908. The predicted octanol–water partition coefficient (Wildman–Crippen LogP) is 4.64. The predicted molar refractivity (Wildman–Crippen MR) is 124 cm³/mol. The molecule has 160 valence electrons. The number of hydrogen-bond acceptors (Lipinski definition) is 4. The van der Waals surface area contributed by atoms with Gasteiger partial charge in [0.15, 0.2) is 11.2 Å². The molecule has 1 aromatic heterocycles. The molecular formula is C24H29ClN2O3. The highest BCUT2D eigenvalue weighted by Gasteiger charge is 2.20. The molecule has 6 heteroatoms. The summed E-state index contributed by atoms with van der Waals surface area (Å²) >= 11 is 0. The maximum atomic E-state index is 12.8. The highest BCUT2D eigenvalue weighted by molar-refractivity contribution is 5.93. The number of nitrogens with zero attached hydrogens (tertiary/aromatic N) is 1. The molecule has 1 heterocycles. The van der Waals surface area contributed by atoms with Crippen LogP contribution in [0.4, 0.5) is 0 Å². The number of nitrogens with one attached hydrogen (secondary N) is 1. The van der Waals surface area contributed by atoms with Gasteiger partial charge in [-0.3, -0.25) is 14.5 Å². The maximum Gasteiger partial charge on any atom is 0.287 e. The maximum absolute atomic E-state index is 12.8. The number of benzene rings is 2. The van der Waals surface area contributed by atoms with E-state index in [9.17, 15) is 9.59 Å². The van der Waals surface area contributed by atoms with Crippen LogP contribution in [-0.2, 0) is 0 Å². The van der Waals surface area contributed by atoms with Gasteiger partial charge in [-0.25, -0.2) is 0 Å². The van der Waals surface area contributed by atoms with Gasteiger partial charge in [-0.1, -0.05) is 44.2 Å². The molecule has 3 rings (SSSR count). The third kappa shape index (κ3) is 5.10. The minimum absolute atomic E-state index is 0. The Hall–Kier alpha value is -2.63. The summed E-state index contributed by atoms with van der Waals surface area (Å²) in [6.07, 6.45) is 0. The zero-order valence-corrected chi connectivity index (χ0v) is 18.7. The molecule has 0 aliphatic rings. The standard InChI is InChI=1S/C24H28N2O3.ClH/c1-5-26(6-2)20(18-10-8-7-9-11-18)15-25-24(28)23-14-21(27)19-12-16(3)17(4)13-22(19)29-23;/h7-14,20H,5-6,15H2,1-4H3,(H,25,28);1H. The lowest BCUT2D eigenvalue weighted by atomic mass is 10.0. The Balaban J connectivity index is 0.00000320. The molecule has 5 nitrogen and oxygen atoms in total. The van der Waals surface area contributed by atoms with Gasteiger partial charge in [-0.05, 0) is 55.8 Å². The highest BCUT2D eigenvalue weighted by atomic mass is 35.5. The van der Waals surface area contributed by atoms with E-state index in [1.54, 1.807) is 0 Å². The number of fused-ring (bicyclic) bond motifs is 1. The molecule has 1 N–H and O–H groups in total. The Morgan fingerprint density at radius 2 is 1.67 bits per heavy atom. The Bertz CT molecular complexity index is 1060. The minimum Gasteiger partial charge on any atom is -0.451 e. The summed E-state index contributed by atoms with van der Waals surface area (Å²) in [5.41, 5.74) is 3.41. The average molecular weight is 429 g/mol. The summed E-state index contributed by atoms with van der Waals surface area (Å²) in [5, 5.41) is 3.45. The van der Waals surface area contributed by atoms with Crippen LogP contribution in [0.5, 0.6) is 0 Å². The van der Waals surface area contributed by atoms with Crippen LogP contribution in [0.2, 0.25) is 0 Å².